The van der Waals surface area contributed by atoms with Gasteiger partial charge in [-0.05, 0) is 27.8 Å². The SMILES string of the molecule is [N-]=[N+]=Nc1ccn(Cc2ccccc2)c1N=[N+]=[N-]. The van der Waals surface area contributed by atoms with Crippen molar-refractivity contribution in [3.8, 4) is 0 Å². The molecular formula is C11H9N7. The van der Waals surface area contributed by atoms with Crippen LogP contribution in [0, 0.1) is 0 Å². The number of benzene rings is 1. The van der Waals surface area contributed by atoms with Crippen LogP contribution in [0.4, 0.5) is 11.5 Å². The van der Waals surface area contributed by atoms with Gasteiger partial charge in [0.05, 0.1) is 5.69 Å². The van der Waals surface area contributed by atoms with Crippen LogP contribution in [0.15, 0.2) is 52.8 Å². The van der Waals surface area contributed by atoms with Crippen molar-refractivity contribution in [2.24, 2.45) is 10.2 Å². The summed E-state index contributed by atoms with van der Waals surface area (Å²) in [7, 11) is 0. The van der Waals surface area contributed by atoms with Crippen LogP contribution in [0.5, 0.6) is 0 Å². The molecular weight excluding hydrogens is 230 g/mol. The zero-order chi connectivity index (χ0) is 12.8. The van der Waals surface area contributed by atoms with Gasteiger partial charge in [-0.15, -0.1) is 0 Å². The molecule has 0 atom stereocenters. The molecule has 1 aromatic carbocycles. The lowest BCUT2D eigenvalue weighted by atomic mass is 10.2. The molecule has 0 aliphatic carbocycles. The summed E-state index contributed by atoms with van der Waals surface area (Å²) in [5, 5.41) is 7.04. The molecule has 88 valence electrons. The molecule has 0 radical (unpaired) electrons. The molecule has 0 unspecified atom stereocenters. The molecule has 7 nitrogen and oxygen atoms in total. The van der Waals surface area contributed by atoms with E-state index in [0.717, 1.165) is 5.56 Å². The first-order valence-electron chi connectivity index (χ1n) is 5.18. The first-order chi connectivity index (χ1) is 8.85. The molecule has 0 amide bonds. The van der Waals surface area contributed by atoms with Crippen LogP contribution < -0.4 is 0 Å². The van der Waals surface area contributed by atoms with Gasteiger partial charge in [-0.25, -0.2) is 0 Å². The molecule has 2 aromatic rings. The number of rotatable bonds is 4. The van der Waals surface area contributed by atoms with E-state index in [4.69, 9.17) is 11.1 Å². The summed E-state index contributed by atoms with van der Waals surface area (Å²) in [4.78, 5) is 5.44. The average Bonchev–Trinajstić information content (AvgIpc) is 2.75. The summed E-state index contributed by atoms with van der Waals surface area (Å²) in [5.74, 6) is 0.319. The molecule has 0 spiro atoms. The quantitative estimate of drug-likeness (QED) is 0.428. The Morgan fingerprint density at radius 3 is 2.39 bits per heavy atom. The monoisotopic (exact) mass is 239 g/mol. The number of hydrogen-bond donors (Lipinski definition) is 0. The summed E-state index contributed by atoms with van der Waals surface area (Å²) < 4.78 is 1.74. The van der Waals surface area contributed by atoms with Gasteiger partial charge in [0.2, 0.25) is 0 Å². The van der Waals surface area contributed by atoms with Crippen LogP contribution >= 0.6 is 0 Å². The summed E-state index contributed by atoms with van der Waals surface area (Å²) in [6.45, 7) is 0.552. The lowest BCUT2D eigenvalue weighted by Crippen LogP contribution is -1.96. The first kappa shape index (κ1) is 11.6. The van der Waals surface area contributed by atoms with Crippen molar-refractivity contribution in [3.63, 3.8) is 0 Å². The highest BCUT2D eigenvalue weighted by Crippen LogP contribution is 2.30. The van der Waals surface area contributed by atoms with Gasteiger partial charge in [0.1, 0.15) is 5.82 Å². The van der Waals surface area contributed by atoms with Gasteiger partial charge in [-0.3, -0.25) is 0 Å². The molecule has 0 N–H and O–H groups in total. The molecule has 0 fully saturated rings. The normalized spacial score (nSPS) is 9.33. The van der Waals surface area contributed by atoms with Crippen molar-refractivity contribution in [1.29, 1.82) is 0 Å². The van der Waals surface area contributed by atoms with E-state index in [1.54, 1.807) is 16.8 Å². The van der Waals surface area contributed by atoms with Crippen molar-refractivity contribution in [2.45, 2.75) is 6.54 Å². The summed E-state index contributed by atoms with van der Waals surface area (Å²) in [5.41, 5.74) is 18.3. The first-order valence-corrected chi connectivity index (χ1v) is 5.18. The molecule has 0 saturated heterocycles. The maximum Gasteiger partial charge on any atom is 0.114 e. The molecule has 0 bridgehead atoms. The molecule has 0 saturated carbocycles. The summed E-state index contributed by atoms with van der Waals surface area (Å²) in [6.07, 6.45) is 1.72. The van der Waals surface area contributed by atoms with E-state index >= 15 is 0 Å². The minimum Gasteiger partial charge on any atom is -0.341 e. The second-order valence-corrected chi connectivity index (χ2v) is 3.52. The van der Waals surface area contributed by atoms with Crippen LogP contribution in [-0.2, 0) is 6.54 Å². The van der Waals surface area contributed by atoms with Gasteiger partial charge in [0.15, 0.2) is 0 Å². The van der Waals surface area contributed by atoms with Crippen molar-refractivity contribution in [1.82, 2.24) is 4.57 Å². The van der Waals surface area contributed by atoms with Gasteiger partial charge in [0.25, 0.3) is 0 Å². The minimum absolute atomic E-state index is 0.319. The predicted molar refractivity (Wildman–Crippen MR) is 67.6 cm³/mol. The predicted octanol–water partition coefficient (Wildman–Crippen LogP) is 4.42. The summed E-state index contributed by atoms with van der Waals surface area (Å²) in [6, 6.07) is 11.3. The molecule has 0 aliphatic rings. The standard InChI is InChI=1S/C11H9N7/c12-16-14-10-6-7-18(11(10)15-17-13)8-9-4-2-1-3-5-9/h1-7H,8H2. The van der Waals surface area contributed by atoms with E-state index in [1.807, 2.05) is 30.3 Å². The van der Waals surface area contributed by atoms with E-state index in [-0.39, 0.29) is 0 Å². The Morgan fingerprint density at radius 2 is 1.72 bits per heavy atom. The topological polar surface area (TPSA) is 102 Å². The van der Waals surface area contributed by atoms with Gasteiger partial charge < -0.3 is 4.57 Å². The van der Waals surface area contributed by atoms with E-state index in [0.29, 0.717) is 18.1 Å². The van der Waals surface area contributed by atoms with Crippen molar-refractivity contribution in [2.75, 3.05) is 0 Å². The van der Waals surface area contributed by atoms with E-state index in [9.17, 15) is 0 Å². The van der Waals surface area contributed by atoms with Crippen LogP contribution in [-0.4, -0.2) is 4.57 Å². The van der Waals surface area contributed by atoms with Crippen LogP contribution in [0.3, 0.4) is 0 Å². The number of hydrogen-bond acceptors (Lipinski definition) is 2. The maximum absolute atomic E-state index is 8.53. The van der Waals surface area contributed by atoms with Crippen molar-refractivity contribution < 1.29 is 0 Å². The lowest BCUT2D eigenvalue weighted by Gasteiger charge is -2.05. The van der Waals surface area contributed by atoms with E-state index in [2.05, 4.69) is 20.1 Å². The number of nitrogens with zero attached hydrogens (tertiary/aromatic N) is 7. The molecule has 2 rings (SSSR count). The van der Waals surface area contributed by atoms with Crippen LogP contribution in [0.2, 0.25) is 0 Å². The third-order valence-corrected chi connectivity index (χ3v) is 2.40. The fraction of sp³-hybridized carbons (Fsp3) is 0.0909. The fourth-order valence-electron chi connectivity index (χ4n) is 1.64. The Bertz CT molecular complexity index is 631. The maximum atomic E-state index is 8.53. The van der Waals surface area contributed by atoms with Gasteiger partial charge in [0, 0.05) is 22.6 Å². The lowest BCUT2D eigenvalue weighted by molar-refractivity contribution is 0.807. The summed E-state index contributed by atoms with van der Waals surface area (Å²) >= 11 is 0. The van der Waals surface area contributed by atoms with Gasteiger partial charge in [-0.1, -0.05) is 35.4 Å². The Hall–Kier alpha value is -2.88. The van der Waals surface area contributed by atoms with Crippen LogP contribution in [0.1, 0.15) is 5.56 Å². The fourth-order valence-corrected chi connectivity index (χ4v) is 1.64. The third kappa shape index (κ3) is 2.44. The smallest absolute Gasteiger partial charge is 0.114 e. The second kappa shape index (κ2) is 5.45. The molecule has 7 heteroatoms. The highest BCUT2D eigenvalue weighted by Gasteiger charge is 2.06. The minimum atomic E-state index is 0.319. The van der Waals surface area contributed by atoms with Crippen molar-refractivity contribution >= 4 is 11.5 Å². The number of aromatic nitrogens is 1. The molecule has 1 heterocycles. The highest BCUT2D eigenvalue weighted by molar-refractivity contribution is 5.58. The molecule has 0 aliphatic heterocycles. The molecule has 1 aromatic heterocycles. The highest BCUT2D eigenvalue weighted by atomic mass is 15.2. The largest absolute Gasteiger partial charge is 0.341 e. The third-order valence-electron chi connectivity index (χ3n) is 2.40. The van der Waals surface area contributed by atoms with Crippen LogP contribution in [0.25, 0.3) is 20.9 Å². The zero-order valence-electron chi connectivity index (χ0n) is 9.38. The average molecular weight is 239 g/mol. The van der Waals surface area contributed by atoms with Gasteiger partial charge >= 0.3 is 0 Å². The Balaban J connectivity index is 2.39. The van der Waals surface area contributed by atoms with Gasteiger partial charge in [-0.2, -0.15) is 0 Å². The Labute approximate surface area is 103 Å². The Kier molecular flexibility index (Phi) is 3.51. The number of azide groups is 2. The van der Waals surface area contributed by atoms with Crippen molar-refractivity contribution in [3.05, 3.63) is 69.0 Å². The Morgan fingerprint density at radius 1 is 1.00 bits per heavy atom. The van der Waals surface area contributed by atoms with E-state index < -0.39 is 0 Å². The second-order valence-electron chi connectivity index (χ2n) is 3.52. The zero-order valence-corrected chi connectivity index (χ0v) is 9.38. The molecule has 18 heavy (non-hydrogen) atoms. The van der Waals surface area contributed by atoms with E-state index in [1.165, 1.54) is 0 Å².